The zero-order valence-electron chi connectivity index (χ0n) is 10.5. The van der Waals surface area contributed by atoms with Crippen molar-refractivity contribution in [2.75, 3.05) is 0 Å². The van der Waals surface area contributed by atoms with Gasteiger partial charge >= 0.3 is 0 Å². The molecule has 3 rings (SSSR count). The number of alkyl halides is 1. The molecule has 0 unspecified atom stereocenters. The molecule has 2 nitrogen and oxygen atoms in total. The van der Waals surface area contributed by atoms with Crippen LogP contribution in [-0.4, -0.2) is 9.55 Å². The average molecular weight is 293 g/mol. The number of halogens is 3. The van der Waals surface area contributed by atoms with Crippen LogP contribution >= 0.6 is 11.6 Å². The van der Waals surface area contributed by atoms with Crippen molar-refractivity contribution in [1.29, 1.82) is 0 Å². The van der Waals surface area contributed by atoms with Crippen LogP contribution in [0.5, 0.6) is 0 Å². The second kappa shape index (κ2) is 5.21. The van der Waals surface area contributed by atoms with Gasteiger partial charge in [0, 0.05) is 5.56 Å². The van der Waals surface area contributed by atoms with Crippen molar-refractivity contribution >= 4 is 22.6 Å². The molecule has 1 heterocycles. The lowest BCUT2D eigenvalue weighted by Crippen LogP contribution is -2.06. The van der Waals surface area contributed by atoms with Gasteiger partial charge in [-0.25, -0.2) is 13.8 Å². The summed E-state index contributed by atoms with van der Waals surface area (Å²) in [6.45, 7) is 0.201. The lowest BCUT2D eigenvalue weighted by Gasteiger charge is -2.09. The first-order valence-corrected chi connectivity index (χ1v) is 6.66. The van der Waals surface area contributed by atoms with Gasteiger partial charge in [-0.2, -0.15) is 0 Å². The number of benzene rings is 2. The normalized spacial score (nSPS) is 11.2. The number of nitrogens with zero attached hydrogens (tertiary/aromatic N) is 2. The van der Waals surface area contributed by atoms with Crippen LogP contribution in [0, 0.1) is 11.6 Å². The predicted octanol–water partition coefficient (Wildman–Crippen LogP) is 4.10. The van der Waals surface area contributed by atoms with Gasteiger partial charge in [0.1, 0.15) is 17.5 Å². The maximum atomic E-state index is 13.8. The van der Waals surface area contributed by atoms with Crippen molar-refractivity contribution in [3.63, 3.8) is 0 Å². The number of para-hydroxylation sites is 2. The maximum absolute atomic E-state index is 13.8. The van der Waals surface area contributed by atoms with E-state index in [1.807, 2.05) is 24.3 Å². The van der Waals surface area contributed by atoms with E-state index in [2.05, 4.69) is 4.98 Å². The van der Waals surface area contributed by atoms with E-state index in [0.29, 0.717) is 5.82 Å². The molecule has 0 atom stereocenters. The van der Waals surface area contributed by atoms with Crippen LogP contribution in [0.3, 0.4) is 0 Å². The van der Waals surface area contributed by atoms with Gasteiger partial charge in [-0.05, 0) is 30.3 Å². The third-order valence-corrected chi connectivity index (χ3v) is 3.43. The summed E-state index contributed by atoms with van der Waals surface area (Å²) in [6.07, 6.45) is 0. The van der Waals surface area contributed by atoms with Gasteiger partial charge in [0.05, 0.1) is 23.5 Å². The summed E-state index contributed by atoms with van der Waals surface area (Å²) in [5, 5.41) is 0. The maximum Gasteiger partial charge on any atom is 0.128 e. The predicted molar refractivity (Wildman–Crippen MR) is 74.8 cm³/mol. The molecule has 0 radical (unpaired) electrons. The first-order valence-electron chi connectivity index (χ1n) is 6.13. The number of aromatic nitrogens is 2. The largest absolute Gasteiger partial charge is 0.322 e. The van der Waals surface area contributed by atoms with E-state index in [4.69, 9.17) is 11.6 Å². The van der Waals surface area contributed by atoms with Crippen LogP contribution in [0.15, 0.2) is 42.5 Å². The zero-order chi connectivity index (χ0) is 14.1. The molecule has 2 aromatic carbocycles. The Kier molecular flexibility index (Phi) is 3.40. The third-order valence-electron chi connectivity index (χ3n) is 3.19. The molecule has 0 aliphatic heterocycles. The van der Waals surface area contributed by atoms with Crippen molar-refractivity contribution < 1.29 is 8.78 Å². The van der Waals surface area contributed by atoms with Crippen molar-refractivity contribution in [2.45, 2.75) is 12.4 Å². The van der Waals surface area contributed by atoms with Crippen LogP contribution < -0.4 is 0 Å². The van der Waals surface area contributed by atoms with Crippen molar-refractivity contribution in [2.24, 2.45) is 0 Å². The molecule has 0 saturated carbocycles. The average Bonchev–Trinajstić information content (AvgIpc) is 2.81. The highest BCUT2D eigenvalue weighted by Crippen LogP contribution is 2.20. The summed E-state index contributed by atoms with van der Waals surface area (Å²) < 4.78 is 28.8. The summed E-state index contributed by atoms with van der Waals surface area (Å²) in [5.74, 6) is -0.0505. The van der Waals surface area contributed by atoms with Crippen molar-refractivity contribution in [3.05, 3.63) is 65.5 Å². The fourth-order valence-corrected chi connectivity index (χ4v) is 2.44. The van der Waals surface area contributed by atoms with E-state index >= 15 is 0 Å². The summed E-state index contributed by atoms with van der Waals surface area (Å²) in [7, 11) is 0. The highest BCUT2D eigenvalue weighted by molar-refractivity contribution is 6.16. The number of hydrogen-bond acceptors (Lipinski definition) is 1. The fourth-order valence-electron chi connectivity index (χ4n) is 2.24. The van der Waals surface area contributed by atoms with Gasteiger partial charge in [0.2, 0.25) is 0 Å². The van der Waals surface area contributed by atoms with Gasteiger partial charge in [0.25, 0.3) is 0 Å². The molecule has 5 heteroatoms. The third kappa shape index (κ3) is 2.27. The molecule has 3 aromatic rings. The lowest BCUT2D eigenvalue weighted by atomic mass is 10.2. The van der Waals surface area contributed by atoms with Crippen molar-refractivity contribution in [3.8, 4) is 0 Å². The molecule has 1 aromatic heterocycles. The van der Waals surface area contributed by atoms with Gasteiger partial charge < -0.3 is 4.57 Å². The van der Waals surface area contributed by atoms with Gasteiger partial charge in [0.15, 0.2) is 0 Å². The van der Waals surface area contributed by atoms with Crippen molar-refractivity contribution in [1.82, 2.24) is 9.55 Å². The smallest absolute Gasteiger partial charge is 0.128 e. The molecular weight excluding hydrogens is 282 g/mol. The second-order valence-electron chi connectivity index (χ2n) is 4.47. The fraction of sp³-hybridized carbons (Fsp3) is 0.133. The Bertz CT molecular complexity index is 768. The number of hydrogen-bond donors (Lipinski definition) is 0. The van der Waals surface area contributed by atoms with Gasteiger partial charge in [-0.1, -0.05) is 12.1 Å². The second-order valence-corrected chi connectivity index (χ2v) is 4.74. The van der Waals surface area contributed by atoms with Crippen LogP contribution in [-0.2, 0) is 12.4 Å². The Morgan fingerprint density at radius 1 is 1.10 bits per heavy atom. The molecule has 0 N–H and O–H groups in total. The first-order chi connectivity index (χ1) is 9.69. The van der Waals surface area contributed by atoms with E-state index in [1.165, 1.54) is 6.07 Å². The summed E-state index contributed by atoms with van der Waals surface area (Å²) in [6, 6.07) is 10.9. The topological polar surface area (TPSA) is 17.8 Å². The minimum atomic E-state index is -0.460. The highest BCUT2D eigenvalue weighted by atomic mass is 35.5. The Morgan fingerprint density at radius 3 is 2.70 bits per heavy atom. The lowest BCUT2D eigenvalue weighted by molar-refractivity contribution is 0.577. The molecule has 0 amide bonds. The quantitative estimate of drug-likeness (QED) is 0.665. The van der Waals surface area contributed by atoms with Crippen LogP contribution in [0.25, 0.3) is 11.0 Å². The van der Waals surface area contributed by atoms with E-state index in [1.54, 1.807) is 4.57 Å². The molecule has 0 aliphatic carbocycles. The summed E-state index contributed by atoms with van der Waals surface area (Å²) >= 11 is 5.89. The Hall–Kier alpha value is -1.94. The molecule has 0 aliphatic rings. The summed E-state index contributed by atoms with van der Waals surface area (Å²) in [4.78, 5) is 4.39. The van der Waals surface area contributed by atoms with E-state index in [0.717, 1.165) is 23.2 Å². The van der Waals surface area contributed by atoms with E-state index < -0.39 is 11.6 Å². The number of imidazole rings is 1. The van der Waals surface area contributed by atoms with E-state index in [-0.39, 0.29) is 18.0 Å². The summed E-state index contributed by atoms with van der Waals surface area (Å²) in [5.41, 5.74) is 1.92. The monoisotopic (exact) mass is 292 g/mol. The Labute approximate surface area is 119 Å². The van der Waals surface area contributed by atoms with Crippen LogP contribution in [0.2, 0.25) is 0 Å². The zero-order valence-corrected chi connectivity index (χ0v) is 11.2. The van der Waals surface area contributed by atoms with Gasteiger partial charge in [-0.15, -0.1) is 11.6 Å². The highest BCUT2D eigenvalue weighted by Gasteiger charge is 2.12. The molecule has 0 saturated heterocycles. The number of rotatable bonds is 3. The first kappa shape index (κ1) is 13.1. The standard InChI is InChI=1S/C15H11ClF2N2/c16-8-15-19-13-3-1-2-4-14(13)20(15)9-10-7-11(17)5-6-12(10)18/h1-7H,8-9H2. The molecule has 0 bridgehead atoms. The molecule has 20 heavy (non-hydrogen) atoms. The SMILES string of the molecule is Fc1ccc(F)c(Cn2c(CCl)nc3ccccc32)c1. The van der Waals surface area contributed by atoms with Gasteiger partial charge in [-0.3, -0.25) is 0 Å². The molecule has 102 valence electrons. The molecule has 0 fully saturated rings. The number of fused-ring (bicyclic) bond motifs is 1. The van der Waals surface area contributed by atoms with Crippen LogP contribution in [0.1, 0.15) is 11.4 Å². The Morgan fingerprint density at radius 2 is 1.90 bits per heavy atom. The molecular formula is C15H11ClF2N2. The molecule has 0 spiro atoms. The Balaban J connectivity index is 2.12. The minimum absolute atomic E-state index is 0.201. The minimum Gasteiger partial charge on any atom is -0.322 e. The van der Waals surface area contributed by atoms with Crippen LogP contribution in [0.4, 0.5) is 8.78 Å². The van der Waals surface area contributed by atoms with E-state index in [9.17, 15) is 8.78 Å².